The van der Waals surface area contributed by atoms with E-state index in [4.69, 9.17) is 16.6 Å². The maximum absolute atomic E-state index is 5.20. The molecule has 0 amide bonds. The highest BCUT2D eigenvalue weighted by atomic mass is 32.1. The highest BCUT2D eigenvalue weighted by molar-refractivity contribution is 7.80. The molecule has 0 saturated carbocycles. The molecule has 0 N–H and O–H groups in total. The van der Waals surface area contributed by atoms with Gasteiger partial charge in [0.25, 0.3) is 0 Å². The van der Waals surface area contributed by atoms with Crippen LogP contribution in [0.4, 0.5) is 0 Å². The van der Waals surface area contributed by atoms with Crippen molar-refractivity contribution in [1.82, 2.24) is 0 Å². The number of hydrogen-bond acceptors (Lipinski definition) is 2. The highest BCUT2D eigenvalue weighted by Gasteiger charge is 2.10. The average molecular weight is 218 g/mol. The Labute approximate surface area is 91.6 Å². The molecule has 0 radical (unpaired) electrons. The van der Waals surface area contributed by atoms with Crippen LogP contribution in [-0.4, -0.2) is 15.5 Å². The monoisotopic (exact) mass is 218 g/mol. The van der Waals surface area contributed by atoms with Crippen LogP contribution in [0.25, 0.3) is 11.1 Å². The van der Waals surface area contributed by atoms with Crippen LogP contribution in [0.15, 0.2) is 42.5 Å². The molecule has 14 heavy (non-hydrogen) atoms. The quantitative estimate of drug-likeness (QED) is 0.533. The summed E-state index contributed by atoms with van der Waals surface area (Å²) in [6.07, 6.45) is 0. The largest absolute Gasteiger partial charge is 0.545 e. The van der Waals surface area contributed by atoms with Crippen molar-refractivity contribution in [3.63, 3.8) is 0 Å². The summed E-state index contributed by atoms with van der Waals surface area (Å²) in [7, 11) is 0.645. The molecule has 0 unspecified atom stereocenters. The third-order valence-electron chi connectivity index (χ3n) is 2.20. The Hall–Kier alpha value is -1.19. The summed E-state index contributed by atoms with van der Waals surface area (Å²) in [6, 6.07) is 14.3. The summed E-state index contributed by atoms with van der Waals surface area (Å²) in [5, 5.41) is 0.609. The van der Waals surface area contributed by atoms with E-state index in [2.05, 4.69) is 18.2 Å². The van der Waals surface area contributed by atoms with Crippen LogP contribution >= 0.6 is 12.2 Å². The summed E-state index contributed by atoms with van der Waals surface area (Å²) in [6.45, 7) is 0. The minimum absolute atomic E-state index is 0.609. The molecule has 2 rings (SSSR count). The molecular formula is C11H10OSSi. The summed E-state index contributed by atoms with van der Waals surface area (Å²) >= 11 is 5.15. The predicted octanol–water partition coefficient (Wildman–Crippen LogP) is 1.76. The molecule has 0 aromatic rings. The van der Waals surface area contributed by atoms with Gasteiger partial charge in [-0.15, -0.1) is 0 Å². The second kappa shape index (κ2) is 3.90. The lowest BCUT2D eigenvalue weighted by atomic mass is 10.1. The van der Waals surface area contributed by atoms with Crippen molar-refractivity contribution in [3.8, 4) is 11.1 Å². The van der Waals surface area contributed by atoms with E-state index in [9.17, 15) is 0 Å². The maximum atomic E-state index is 5.20. The van der Waals surface area contributed by atoms with Crippen molar-refractivity contribution in [2.75, 3.05) is 0 Å². The van der Waals surface area contributed by atoms with Gasteiger partial charge >= 0.3 is 0 Å². The smallest absolute Gasteiger partial charge is 0.205 e. The summed E-state index contributed by atoms with van der Waals surface area (Å²) in [5.74, 6) is 0. The van der Waals surface area contributed by atoms with E-state index in [0.717, 1.165) is 11.1 Å². The standard InChI is InChI=1S/C11H10OSSi/c13-11(12-14)10-7-6-8-4-2-1-3-5-9(8)10/h1-7H,14H3. The van der Waals surface area contributed by atoms with Gasteiger partial charge < -0.3 is 4.43 Å². The lowest BCUT2D eigenvalue weighted by Crippen LogP contribution is -1.99. The van der Waals surface area contributed by atoms with E-state index >= 15 is 0 Å². The molecule has 70 valence electrons. The molecule has 0 aliphatic heterocycles. The van der Waals surface area contributed by atoms with Gasteiger partial charge in [-0.25, -0.2) is 0 Å². The van der Waals surface area contributed by atoms with Gasteiger partial charge in [0.2, 0.25) is 10.5 Å². The molecule has 0 aromatic carbocycles. The molecule has 0 fully saturated rings. The lowest BCUT2D eigenvalue weighted by Gasteiger charge is -2.02. The van der Waals surface area contributed by atoms with Crippen LogP contribution in [0.5, 0.6) is 0 Å². The minimum atomic E-state index is 0.609. The number of thiocarbonyl (C=S) groups is 1. The number of rotatable bonds is 1. The fourth-order valence-corrected chi connectivity index (χ4v) is 1.90. The molecule has 3 heteroatoms. The predicted molar refractivity (Wildman–Crippen MR) is 65.8 cm³/mol. The third kappa shape index (κ3) is 1.56. The van der Waals surface area contributed by atoms with Crippen molar-refractivity contribution < 1.29 is 4.43 Å². The van der Waals surface area contributed by atoms with Gasteiger partial charge in [0.05, 0.1) is 0 Å². The van der Waals surface area contributed by atoms with Crippen LogP contribution in [0.3, 0.4) is 0 Å². The van der Waals surface area contributed by atoms with Gasteiger partial charge in [0.15, 0.2) is 5.05 Å². The maximum Gasteiger partial charge on any atom is 0.205 e. The van der Waals surface area contributed by atoms with Crippen LogP contribution < -0.4 is 0 Å². The SMILES string of the molecule is [SiH3]OC(=S)c1ccc2cccccc1-2. The molecule has 0 saturated heterocycles. The first-order valence-corrected chi connectivity index (χ1v) is 5.61. The Morgan fingerprint density at radius 1 is 1.07 bits per heavy atom. The van der Waals surface area contributed by atoms with Crippen LogP contribution in [0.1, 0.15) is 5.56 Å². The van der Waals surface area contributed by atoms with E-state index in [1.807, 2.05) is 24.3 Å². The van der Waals surface area contributed by atoms with Gasteiger partial charge in [0, 0.05) is 5.56 Å². The molecule has 0 bridgehead atoms. The van der Waals surface area contributed by atoms with Crippen molar-refractivity contribution in [2.45, 2.75) is 0 Å². The second-order valence-corrected chi connectivity index (χ2v) is 3.80. The van der Waals surface area contributed by atoms with Crippen molar-refractivity contribution >= 4 is 27.8 Å². The fraction of sp³-hybridized carbons (Fsp3) is 0. The molecule has 2 aliphatic carbocycles. The normalized spacial score (nSPS) is 10.3. The first-order chi connectivity index (χ1) is 6.83. The van der Waals surface area contributed by atoms with Gasteiger partial charge in [-0.2, -0.15) is 0 Å². The van der Waals surface area contributed by atoms with E-state index in [0.29, 0.717) is 15.5 Å². The van der Waals surface area contributed by atoms with Gasteiger partial charge in [-0.3, -0.25) is 0 Å². The zero-order chi connectivity index (χ0) is 9.97. The van der Waals surface area contributed by atoms with E-state index in [-0.39, 0.29) is 0 Å². The van der Waals surface area contributed by atoms with Crippen LogP contribution in [0.2, 0.25) is 0 Å². The first-order valence-electron chi connectivity index (χ1n) is 4.39. The molecule has 0 spiro atoms. The molecule has 0 aromatic heterocycles. The third-order valence-corrected chi connectivity index (χ3v) is 3.29. The van der Waals surface area contributed by atoms with Gasteiger partial charge in [0.1, 0.15) is 0 Å². The first kappa shape index (κ1) is 9.37. The molecular weight excluding hydrogens is 208 g/mol. The number of fused-ring (bicyclic) bond motifs is 1. The zero-order valence-electron chi connectivity index (χ0n) is 7.86. The van der Waals surface area contributed by atoms with Crippen molar-refractivity contribution in [3.05, 3.63) is 48.0 Å². The average Bonchev–Trinajstić information content (AvgIpc) is 2.46. The Bertz CT molecular complexity index is 441. The van der Waals surface area contributed by atoms with Crippen LogP contribution in [0, 0.1) is 0 Å². The summed E-state index contributed by atoms with van der Waals surface area (Å²) < 4.78 is 5.20. The summed E-state index contributed by atoms with van der Waals surface area (Å²) in [5.41, 5.74) is 3.39. The Morgan fingerprint density at radius 3 is 2.64 bits per heavy atom. The Kier molecular flexibility index (Phi) is 2.61. The molecule has 1 nitrogen and oxygen atoms in total. The number of hydrogen-bond donors (Lipinski definition) is 0. The molecule has 0 atom stereocenters. The van der Waals surface area contributed by atoms with E-state index in [1.165, 1.54) is 5.56 Å². The van der Waals surface area contributed by atoms with E-state index < -0.39 is 0 Å². The van der Waals surface area contributed by atoms with Gasteiger partial charge in [-0.05, 0) is 29.4 Å². The highest BCUT2D eigenvalue weighted by Crippen LogP contribution is 2.27. The van der Waals surface area contributed by atoms with Crippen LogP contribution in [-0.2, 0) is 4.43 Å². The summed E-state index contributed by atoms with van der Waals surface area (Å²) in [4.78, 5) is 0. The Morgan fingerprint density at radius 2 is 1.86 bits per heavy atom. The lowest BCUT2D eigenvalue weighted by molar-refractivity contribution is 0.632. The Balaban J connectivity index is 2.58. The molecule has 2 aliphatic rings. The van der Waals surface area contributed by atoms with Crippen molar-refractivity contribution in [2.24, 2.45) is 0 Å². The second-order valence-electron chi connectivity index (χ2n) is 3.02. The van der Waals surface area contributed by atoms with Crippen molar-refractivity contribution in [1.29, 1.82) is 0 Å². The van der Waals surface area contributed by atoms with Gasteiger partial charge in [-0.1, -0.05) is 36.4 Å². The zero-order valence-corrected chi connectivity index (χ0v) is 10.7. The molecule has 0 heterocycles. The minimum Gasteiger partial charge on any atom is -0.545 e. The fourth-order valence-electron chi connectivity index (χ4n) is 1.50. The topological polar surface area (TPSA) is 9.23 Å². The van der Waals surface area contributed by atoms with E-state index in [1.54, 1.807) is 0 Å².